The minimum atomic E-state index is -3.65. The van der Waals surface area contributed by atoms with Crippen molar-refractivity contribution in [1.29, 1.82) is 0 Å². The number of carbonyl (C=O) groups is 1. The molecule has 0 aliphatic rings. The zero-order valence-electron chi connectivity index (χ0n) is 14.3. The van der Waals surface area contributed by atoms with E-state index in [1.54, 1.807) is 43.3 Å². The summed E-state index contributed by atoms with van der Waals surface area (Å²) < 4.78 is 27.3. The third-order valence-corrected chi connectivity index (χ3v) is 4.66. The number of nitrogens with one attached hydrogen (secondary N) is 2. The molecule has 0 fully saturated rings. The van der Waals surface area contributed by atoms with Gasteiger partial charge >= 0.3 is 0 Å². The van der Waals surface area contributed by atoms with Gasteiger partial charge < -0.3 is 5.32 Å². The van der Waals surface area contributed by atoms with Crippen LogP contribution in [-0.2, 0) is 10.0 Å². The minimum absolute atomic E-state index is 0.192. The molecular weight excluding hydrogens is 324 g/mol. The van der Waals surface area contributed by atoms with E-state index in [1.807, 2.05) is 20.8 Å². The SMILES string of the molecule is Cc1cc(C(=O)NC(C)(C)C)ccc1NS(=O)(=O)c1ccccc1. The van der Waals surface area contributed by atoms with Crippen molar-refractivity contribution in [3.05, 3.63) is 59.7 Å². The molecule has 0 saturated carbocycles. The maximum absolute atomic E-state index is 12.4. The van der Waals surface area contributed by atoms with Gasteiger partial charge in [-0.25, -0.2) is 8.42 Å². The molecule has 1 amide bonds. The minimum Gasteiger partial charge on any atom is -0.347 e. The molecule has 0 atom stereocenters. The van der Waals surface area contributed by atoms with Gasteiger partial charge in [0.2, 0.25) is 0 Å². The van der Waals surface area contributed by atoms with Gasteiger partial charge in [-0.1, -0.05) is 18.2 Å². The fourth-order valence-corrected chi connectivity index (χ4v) is 3.29. The Bertz CT molecular complexity index is 838. The first-order chi connectivity index (χ1) is 11.1. The monoisotopic (exact) mass is 346 g/mol. The van der Waals surface area contributed by atoms with Gasteiger partial charge in [-0.05, 0) is 63.6 Å². The van der Waals surface area contributed by atoms with Crippen molar-refractivity contribution in [1.82, 2.24) is 5.32 Å². The Labute approximate surface area is 143 Å². The van der Waals surface area contributed by atoms with Gasteiger partial charge in [0.15, 0.2) is 0 Å². The molecule has 2 aromatic carbocycles. The van der Waals surface area contributed by atoms with Crippen LogP contribution in [0.5, 0.6) is 0 Å². The molecule has 0 aliphatic heterocycles. The largest absolute Gasteiger partial charge is 0.347 e. The molecule has 128 valence electrons. The first-order valence-corrected chi connectivity index (χ1v) is 9.08. The number of benzene rings is 2. The second kappa shape index (κ2) is 6.65. The molecule has 0 aliphatic carbocycles. The molecule has 0 saturated heterocycles. The molecule has 0 spiro atoms. The van der Waals surface area contributed by atoms with Crippen molar-refractivity contribution in [2.45, 2.75) is 38.1 Å². The maximum Gasteiger partial charge on any atom is 0.261 e. The van der Waals surface area contributed by atoms with E-state index < -0.39 is 10.0 Å². The van der Waals surface area contributed by atoms with E-state index in [1.165, 1.54) is 12.1 Å². The van der Waals surface area contributed by atoms with Crippen molar-refractivity contribution in [3.63, 3.8) is 0 Å². The Morgan fingerprint density at radius 2 is 1.62 bits per heavy atom. The van der Waals surface area contributed by atoms with Gasteiger partial charge in [-0.3, -0.25) is 9.52 Å². The summed E-state index contributed by atoms with van der Waals surface area (Å²) in [6, 6.07) is 13.0. The van der Waals surface area contributed by atoms with Crippen LogP contribution in [-0.4, -0.2) is 19.9 Å². The van der Waals surface area contributed by atoms with Crippen molar-refractivity contribution in [2.24, 2.45) is 0 Å². The molecular formula is C18H22N2O3S. The van der Waals surface area contributed by atoms with E-state index in [-0.39, 0.29) is 16.3 Å². The second-order valence-electron chi connectivity index (χ2n) is 6.65. The second-order valence-corrected chi connectivity index (χ2v) is 8.33. The number of hydrogen-bond acceptors (Lipinski definition) is 3. The summed E-state index contributed by atoms with van der Waals surface area (Å²) in [5.41, 5.74) is 1.28. The number of carbonyl (C=O) groups excluding carboxylic acids is 1. The van der Waals surface area contributed by atoms with Crippen LogP contribution in [0.15, 0.2) is 53.4 Å². The number of anilines is 1. The molecule has 0 bridgehead atoms. The van der Waals surface area contributed by atoms with Gasteiger partial charge in [0, 0.05) is 11.1 Å². The van der Waals surface area contributed by atoms with Gasteiger partial charge in [-0.15, -0.1) is 0 Å². The summed E-state index contributed by atoms with van der Waals surface area (Å²) in [5.74, 6) is -0.192. The summed E-state index contributed by atoms with van der Waals surface area (Å²) in [7, 11) is -3.65. The van der Waals surface area contributed by atoms with E-state index in [0.29, 0.717) is 16.8 Å². The standard InChI is InChI=1S/C18H22N2O3S/c1-13-12-14(17(21)19-18(2,3)4)10-11-16(13)20-24(22,23)15-8-6-5-7-9-15/h5-12,20H,1-4H3,(H,19,21). The highest BCUT2D eigenvalue weighted by Crippen LogP contribution is 2.21. The van der Waals surface area contributed by atoms with Crippen LogP contribution in [0.4, 0.5) is 5.69 Å². The topological polar surface area (TPSA) is 75.3 Å². The van der Waals surface area contributed by atoms with Crippen molar-refractivity contribution in [2.75, 3.05) is 4.72 Å². The van der Waals surface area contributed by atoms with Crippen LogP contribution < -0.4 is 10.0 Å². The first kappa shape index (κ1) is 18.0. The molecule has 2 rings (SSSR count). The summed E-state index contributed by atoms with van der Waals surface area (Å²) >= 11 is 0. The highest BCUT2D eigenvalue weighted by atomic mass is 32.2. The highest BCUT2D eigenvalue weighted by Gasteiger charge is 2.18. The predicted octanol–water partition coefficient (Wildman–Crippen LogP) is 3.32. The summed E-state index contributed by atoms with van der Waals surface area (Å²) in [6.07, 6.45) is 0. The molecule has 2 aromatic rings. The lowest BCUT2D eigenvalue weighted by Gasteiger charge is -2.21. The Hall–Kier alpha value is -2.34. The third kappa shape index (κ3) is 4.58. The van der Waals surface area contributed by atoms with E-state index in [2.05, 4.69) is 10.0 Å². The lowest BCUT2D eigenvalue weighted by Crippen LogP contribution is -2.40. The quantitative estimate of drug-likeness (QED) is 0.892. The molecule has 0 heterocycles. The van der Waals surface area contributed by atoms with Gasteiger partial charge in [0.25, 0.3) is 15.9 Å². The summed E-state index contributed by atoms with van der Waals surface area (Å²) in [5, 5.41) is 2.88. The zero-order chi connectivity index (χ0) is 18.0. The number of hydrogen-bond donors (Lipinski definition) is 2. The summed E-state index contributed by atoms with van der Waals surface area (Å²) in [4.78, 5) is 12.4. The Morgan fingerprint density at radius 3 is 2.17 bits per heavy atom. The molecule has 5 nitrogen and oxygen atoms in total. The molecule has 0 radical (unpaired) electrons. The fourth-order valence-electron chi connectivity index (χ4n) is 2.14. The molecule has 6 heteroatoms. The normalized spacial score (nSPS) is 11.8. The Kier molecular flexibility index (Phi) is 4.99. The molecule has 2 N–H and O–H groups in total. The van der Waals surface area contributed by atoms with E-state index in [0.717, 1.165) is 0 Å². The average Bonchev–Trinajstić information content (AvgIpc) is 2.48. The van der Waals surface area contributed by atoms with Crippen LogP contribution in [0, 0.1) is 6.92 Å². The number of amides is 1. The van der Waals surface area contributed by atoms with Gasteiger partial charge in [-0.2, -0.15) is 0 Å². The average molecular weight is 346 g/mol. The fraction of sp³-hybridized carbons (Fsp3) is 0.278. The predicted molar refractivity (Wildman–Crippen MR) is 95.6 cm³/mol. The summed E-state index contributed by atoms with van der Waals surface area (Å²) in [6.45, 7) is 7.47. The van der Waals surface area contributed by atoms with E-state index >= 15 is 0 Å². The Balaban J connectivity index is 2.23. The van der Waals surface area contributed by atoms with Crippen LogP contribution in [0.3, 0.4) is 0 Å². The molecule has 24 heavy (non-hydrogen) atoms. The van der Waals surface area contributed by atoms with Crippen molar-refractivity contribution >= 4 is 21.6 Å². The smallest absolute Gasteiger partial charge is 0.261 e. The Morgan fingerprint density at radius 1 is 1.00 bits per heavy atom. The lowest BCUT2D eigenvalue weighted by molar-refractivity contribution is 0.0919. The number of rotatable bonds is 4. The van der Waals surface area contributed by atoms with Gasteiger partial charge in [0.05, 0.1) is 10.6 Å². The molecule has 0 aromatic heterocycles. The van der Waals surface area contributed by atoms with Gasteiger partial charge in [0.1, 0.15) is 0 Å². The number of sulfonamides is 1. The number of aryl methyl sites for hydroxylation is 1. The van der Waals surface area contributed by atoms with Crippen LogP contribution in [0.1, 0.15) is 36.7 Å². The van der Waals surface area contributed by atoms with E-state index in [4.69, 9.17) is 0 Å². The maximum atomic E-state index is 12.4. The third-order valence-electron chi connectivity index (χ3n) is 3.27. The first-order valence-electron chi connectivity index (χ1n) is 7.59. The van der Waals surface area contributed by atoms with Crippen LogP contribution in [0.2, 0.25) is 0 Å². The zero-order valence-corrected chi connectivity index (χ0v) is 15.1. The highest BCUT2D eigenvalue weighted by molar-refractivity contribution is 7.92. The van der Waals surface area contributed by atoms with Crippen LogP contribution in [0.25, 0.3) is 0 Å². The van der Waals surface area contributed by atoms with Crippen molar-refractivity contribution < 1.29 is 13.2 Å². The van der Waals surface area contributed by atoms with Crippen molar-refractivity contribution in [3.8, 4) is 0 Å². The van der Waals surface area contributed by atoms with Crippen LogP contribution >= 0.6 is 0 Å². The molecule has 0 unspecified atom stereocenters. The van der Waals surface area contributed by atoms with E-state index in [9.17, 15) is 13.2 Å². The lowest BCUT2D eigenvalue weighted by atomic mass is 10.1.